The fourth-order valence-electron chi connectivity index (χ4n) is 1.78. The van der Waals surface area contributed by atoms with E-state index in [9.17, 15) is 4.79 Å². The van der Waals surface area contributed by atoms with Crippen LogP contribution in [0.2, 0.25) is 0 Å². The molecule has 0 bridgehead atoms. The summed E-state index contributed by atoms with van der Waals surface area (Å²) < 4.78 is 5.31. The summed E-state index contributed by atoms with van der Waals surface area (Å²) in [6, 6.07) is 7.12. The average Bonchev–Trinajstić information content (AvgIpc) is 2.91. The standard InChI is InChI=1S/C14H16N2O3/c1-2-16(10-13-4-3-7-19-13)9-12-6-5-11(8-15-12)14(17)18/h3-8H,2,9-10H2,1H3,(H,17,18). The van der Waals surface area contributed by atoms with Crippen LogP contribution in [0.15, 0.2) is 41.1 Å². The van der Waals surface area contributed by atoms with Crippen molar-refractivity contribution in [1.29, 1.82) is 0 Å². The van der Waals surface area contributed by atoms with E-state index in [2.05, 4.69) is 16.8 Å². The molecule has 0 saturated heterocycles. The highest BCUT2D eigenvalue weighted by Crippen LogP contribution is 2.09. The first-order valence-electron chi connectivity index (χ1n) is 6.12. The van der Waals surface area contributed by atoms with E-state index >= 15 is 0 Å². The van der Waals surface area contributed by atoms with Gasteiger partial charge in [-0.25, -0.2) is 4.79 Å². The maximum Gasteiger partial charge on any atom is 0.337 e. The molecule has 2 rings (SSSR count). The van der Waals surface area contributed by atoms with Gasteiger partial charge in [0.25, 0.3) is 0 Å². The summed E-state index contributed by atoms with van der Waals surface area (Å²) in [5.41, 5.74) is 1.05. The van der Waals surface area contributed by atoms with Gasteiger partial charge in [-0.3, -0.25) is 9.88 Å². The van der Waals surface area contributed by atoms with Crippen molar-refractivity contribution in [3.8, 4) is 0 Å². The van der Waals surface area contributed by atoms with Gasteiger partial charge in [-0.15, -0.1) is 0 Å². The summed E-state index contributed by atoms with van der Waals surface area (Å²) in [5, 5.41) is 8.81. The number of aromatic carboxylic acids is 1. The first kappa shape index (κ1) is 13.3. The fraction of sp³-hybridized carbons (Fsp3) is 0.286. The topological polar surface area (TPSA) is 66.6 Å². The van der Waals surface area contributed by atoms with Gasteiger partial charge in [0.2, 0.25) is 0 Å². The van der Waals surface area contributed by atoms with Crippen LogP contribution in [0.1, 0.15) is 28.7 Å². The third-order valence-electron chi connectivity index (χ3n) is 2.86. The van der Waals surface area contributed by atoms with Crippen molar-refractivity contribution >= 4 is 5.97 Å². The van der Waals surface area contributed by atoms with Crippen molar-refractivity contribution in [1.82, 2.24) is 9.88 Å². The second-order valence-corrected chi connectivity index (χ2v) is 4.23. The van der Waals surface area contributed by atoms with Gasteiger partial charge in [0.1, 0.15) is 5.76 Å². The predicted octanol–water partition coefficient (Wildman–Crippen LogP) is 2.39. The Morgan fingerprint density at radius 3 is 2.74 bits per heavy atom. The zero-order valence-corrected chi connectivity index (χ0v) is 10.7. The smallest absolute Gasteiger partial charge is 0.337 e. The predicted molar refractivity (Wildman–Crippen MR) is 69.7 cm³/mol. The number of carboxylic acid groups (broad SMARTS) is 1. The SMILES string of the molecule is CCN(Cc1ccc(C(=O)O)cn1)Cc1ccco1. The lowest BCUT2D eigenvalue weighted by Gasteiger charge is -2.18. The van der Waals surface area contributed by atoms with Crippen LogP contribution in [0.5, 0.6) is 0 Å². The molecule has 0 aromatic carbocycles. The summed E-state index contributed by atoms with van der Waals surface area (Å²) >= 11 is 0. The summed E-state index contributed by atoms with van der Waals surface area (Å²) in [4.78, 5) is 17.1. The Morgan fingerprint density at radius 2 is 2.21 bits per heavy atom. The normalized spacial score (nSPS) is 10.8. The van der Waals surface area contributed by atoms with E-state index < -0.39 is 5.97 Å². The highest BCUT2D eigenvalue weighted by molar-refractivity contribution is 5.87. The summed E-state index contributed by atoms with van der Waals surface area (Å²) in [5.74, 6) is -0.0500. The van der Waals surface area contributed by atoms with E-state index in [4.69, 9.17) is 9.52 Å². The monoisotopic (exact) mass is 260 g/mol. The lowest BCUT2D eigenvalue weighted by Crippen LogP contribution is -2.22. The molecule has 19 heavy (non-hydrogen) atoms. The summed E-state index contributed by atoms with van der Waals surface area (Å²) in [6.45, 7) is 4.31. The van der Waals surface area contributed by atoms with Gasteiger partial charge >= 0.3 is 5.97 Å². The molecule has 2 heterocycles. The molecule has 100 valence electrons. The number of hydrogen-bond acceptors (Lipinski definition) is 4. The Hall–Kier alpha value is -2.14. The maximum atomic E-state index is 10.7. The fourth-order valence-corrected chi connectivity index (χ4v) is 1.78. The second kappa shape index (κ2) is 6.15. The van der Waals surface area contributed by atoms with Crippen LogP contribution in [0, 0.1) is 0 Å². The third kappa shape index (κ3) is 3.66. The van der Waals surface area contributed by atoms with E-state index in [0.717, 1.165) is 18.0 Å². The van der Waals surface area contributed by atoms with Gasteiger partial charge < -0.3 is 9.52 Å². The largest absolute Gasteiger partial charge is 0.478 e. The highest BCUT2D eigenvalue weighted by atomic mass is 16.4. The Labute approximate surface area is 111 Å². The van der Waals surface area contributed by atoms with Gasteiger partial charge in [-0.2, -0.15) is 0 Å². The van der Waals surface area contributed by atoms with Crippen LogP contribution >= 0.6 is 0 Å². The third-order valence-corrected chi connectivity index (χ3v) is 2.86. The summed E-state index contributed by atoms with van der Waals surface area (Å²) in [7, 11) is 0. The van der Waals surface area contributed by atoms with Crippen LogP contribution in [0.25, 0.3) is 0 Å². The lowest BCUT2D eigenvalue weighted by atomic mass is 10.2. The van der Waals surface area contributed by atoms with E-state index in [1.54, 1.807) is 18.4 Å². The van der Waals surface area contributed by atoms with E-state index in [1.807, 2.05) is 12.1 Å². The quantitative estimate of drug-likeness (QED) is 0.863. The molecule has 0 aliphatic rings. The van der Waals surface area contributed by atoms with Crippen LogP contribution in [0.3, 0.4) is 0 Å². The Bertz CT molecular complexity index is 520. The Morgan fingerprint density at radius 1 is 1.37 bits per heavy atom. The molecule has 0 aliphatic carbocycles. The van der Waals surface area contributed by atoms with Crippen LogP contribution < -0.4 is 0 Å². The number of hydrogen-bond donors (Lipinski definition) is 1. The van der Waals surface area contributed by atoms with E-state index in [-0.39, 0.29) is 5.56 Å². The Kier molecular flexibility index (Phi) is 4.30. The number of pyridine rings is 1. The average molecular weight is 260 g/mol. The molecular weight excluding hydrogens is 244 g/mol. The van der Waals surface area contributed by atoms with Crippen LogP contribution in [0.4, 0.5) is 0 Å². The van der Waals surface area contributed by atoms with E-state index in [1.165, 1.54) is 6.20 Å². The van der Waals surface area contributed by atoms with Crippen molar-refractivity contribution < 1.29 is 14.3 Å². The lowest BCUT2D eigenvalue weighted by molar-refractivity contribution is 0.0696. The zero-order chi connectivity index (χ0) is 13.7. The minimum absolute atomic E-state index is 0.206. The van der Waals surface area contributed by atoms with Crippen LogP contribution in [-0.4, -0.2) is 27.5 Å². The number of furan rings is 1. The molecule has 0 amide bonds. The van der Waals surface area contributed by atoms with E-state index in [0.29, 0.717) is 13.1 Å². The molecule has 0 saturated carbocycles. The number of carboxylic acids is 1. The molecule has 0 fully saturated rings. The van der Waals surface area contributed by atoms with Crippen molar-refractivity contribution in [3.05, 3.63) is 53.7 Å². The summed E-state index contributed by atoms with van der Waals surface area (Å²) in [6.07, 6.45) is 3.04. The molecule has 0 radical (unpaired) electrons. The molecule has 5 heteroatoms. The Balaban J connectivity index is 1.99. The molecule has 2 aromatic heterocycles. The minimum Gasteiger partial charge on any atom is -0.478 e. The van der Waals surface area contributed by atoms with Gasteiger partial charge in [0.05, 0.1) is 24.1 Å². The van der Waals surface area contributed by atoms with Gasteiger partial charge in [0.15, 0.2) is 0 Å². The first-order valence-corrected chi connectivity index (χ1v) is 6.12. The number of carbonyl (C=O) groups is 1. The number of rotatable bonds is 6. The van der Waals surface area contributed by atoms with Crippen molar-refractivity contribution in [2.24, 2.45) is 0 Å². The van der Waals surface area contributed by atoms with Crippen molar-refractivity contribution in [2.75, 3.05) is 6.54 Å². The molecule has 5 nitrogen and oxygen atoms in total. The molecule has 0 atom stereocenters. The highest BCUT2D eigenvalue weighted by Gasteiger charge is 2.08. The molecular formula is C14H16N2O3. The van der Waals surface area contributed by atoms with Gasteiger partial charge in [0, 0.05) is 12.7 Å². The first-order chi connectivity index (χ1) is 9.19. The number of nitrogens with zero attached hydrogens (tertiary/aromatic N) is 2. The molecule has 0 unspecified atom stereocenters. The number of aromatic nitrogens is 1. The van der Waals surface area contributed by atoms with Gasteiger partial charge in [-0.1, -0.05) is 6.92 Å². The van der Waals surface area contributed by atoms with Gasteiger partial charge in [-0.05, 0) is 30.8 Å². The molecule has 1 N–H and O–H groups in total. The molecule has 0 aliphatic heterocycles. The second-order valence-electron chi connectivity index (χ2n) is 4.23. The molecule has 2 aromatic rings. The molecule has 0 spiro atoms. The van der Waals surface area contributed by atoms with Crippen molar-refractivity contribution in [3.63, 3.8) is 0 Å². The zero-order valence-electron chi connectivity index (χ0n) is 10.7. The van der Waals surface area contributed by atoms with Crippen molar-refractivity contribution in [2.45, 2.75) is 20.0 Å². The maximum absolute atomic E-state index is 10.7. The minimum atomic E-state index is -0.956. The van der Waals surface area contributed by atoms with Crippen LogP contribution in [-0.2, 0) is 13.1 Å².